The maximum Gasteiger partial charge on any atom is 0.181 e. The van der Waals surface area contributed by atoms with E-state index in [1.54, 1.807) is 24.3 Å². The quantitative estimate of drug-likeness (QED) is 0.709. The molecule has 142 valence electrons. The van der Waals surface area contributed by atoms with E-state index in [2.05, 4.69) is 10.2 Å². The van der Waals surface area contributed by atoms with Gasteiger partial charge in [0, 0.05) is 12.2 Å². The van der Waals surface area contributed by atoms with Crippen LogP contribution in [0.25, 0.3) is 16.8 Å². The van der Waals surface area contributed by atoms with Gasteiger partial charge in [0.25, 0.3) is 0 Å². The van der Waals surface area contributed by atoms with Crippen LogP contribution in [0.5, 0.6) is 0 Å². The molecule has 0 bridgehead atoms. The normalized spacial score (nSPS) is 23.6. The van der Waals surface area contributed by atoms with Gasteiger partial charge in [-0.25, -0.2) is 8.42 Å². The van der Waals surface area contributed by atoms with Crippen molar-refractivity contribution in [3.63, 3.8) is 0 Å². The number of hydrogen-bond acceptors (Lipinski definition) is 6. The summed E-state index contributed by atoms with van der Waals surface area (Å²) < 4.78 is 27.7. The van der Waals surface area contributed by atoms with Crippen molar-refractivity contribution in [3.05, 3.63) is 48.4 Å². The fourth-order valence-electron chi connectivity index (χ4n) is 3.62. The van der Waals surface area contributed by atoms with Crippen LogP contribution in [0.4, 0.5) is 0 Å². The van der Waals surface area contributed by atoms with Crippen LogP contribution in [-0.2, 0) is 9.84 Å². The second kappa shape index (κ2) is 6.70. The zero-order valence-electron chi connectivity index (χ0n) is 15.0. The van der Waals surface area contributed by atoms with Crippen molar-refractivity contribution in [1.29, 1.82) is 0 Å². The number of nitrogens with zero attached hydrogens (tertiary/aromatic N) is 3. The van der Waals surface area contributed by atoms with Gasteiger partial charge in [-0.05, 0) is 61.6 Å². The smallest absolute Gasteiger partial charge is 0.181 e. The van der Waals surface area contributed by atoms with Gasteiger partial charge in [0.15, 0.2) is 15.5 Å². The van der Waals surface area contributed by atoms with Crippen molar-refractivity contribution < 1.29 is 13.5 Å². The first-order chi connectivity index (χ1) is 12.9. The molecule has 0 unspecified atom stereocenters. The van der Waals surface area contributed by atoms with Crippen LogP contribution in [0.1, 0.15) is 25.1 Å². The predicted molar refractivity (Wildman–Crippen MR) is 102 cm³/mol. The molecule has 1 aliphatic carbocycles. The number of sulfone groups is 1. The number of aliphatic hydroxyl groups is 1. The van der Waals surface area contributed by atoms with E-state index < -0.39 is 21.2 Å². The molecule has 1 fully saturated rings. The van der Waals surface area contributed by atoms with E-state index in [0.717, 1.165) is 22.6 Å². The van der Waals surface area contributed by atoms with E-state index in [-0.39, 0.29) is 17.4 Å². The monoisotopic (exact) mass is 386 g/mol. The van der Waals surface area contributed by atoms with Gasteiger partial charge in [-0.2, -0.15) is 0 Å². The van der Waals surface area contributed by atoms with Gasteiger partial charge in [0.2, 0.25) is 0 Å². The lowest BCUT2D eigenvalue weighted by Crippen LogP contribution is -2.44. The average Bonchev–Trinajstić information content (AvgIpc) is 3.04. The molecule has 0 amide bonds. The van der Waals surface area contributed by atoms with Crippen LogP contribution in [0.15, 0.2) is 47.5 Å². The Kier molecular flexibility index (Phi) is 4.49. The molecule has 3 aromatic rings. The van der Waals surface area contributed by atoms with Gasteiger partial charge < -0.3 is 10.8 Å². The first-order valence-corrected chi connectivity index (χ1v) is 10.5. The second-order valence-corrected chi connectivity index (χ2v) is 9.36. The summed E-state index contributed by atoms with van der Waals surface area (Å²) in [5.74, 6) is 0.792. The molecule has 1 saturated carbocycles. The highest BCUT2D eigenvalue weighted by Gasteiger charge is 2.35. The molecule has 27 heavy (non-hydrogen) atoms. The summed E-state index contributed by atoms with van der Waals surface area (Å²) in [6.45, 7) is 1.88. The molecule has 0 saturated heterocycles. The van der Waals surface area contributed by atoms with Gasteiger partial charge in [0.05, 0.1) is 16.2 Å². The first kappa shape index (κ1) is 18.1. The SMILES string of the molecule is Cc1nnc2ccc(-c3ccc(S(=O)(=O)[C@@H]4CC[C@@H](N)[C@@H](O)C4)cc3)cn12. The minimum Gasteiger partial charge on any atom is -0.391 e. The van der Waals surface area contributed by atoms with Crippen molar-refractivity contribution in [1.82, 2.24) is 14.6 Å². The molecule has 1 aliphatic rings. The van der Waals surface area contributed by atoms with Crippen molar-refractivity contribution in [2.24, 2.45) is 5.73 Å². The third kappa shape index (κ3) is 3.24. The Bertz CT molecular complexity index is 1080. The molecular formula is C19H22N4O3S. The van der Waals surface area contributed by atoms with Crippen molar-refractivity contribution in [2.45, 2.75) is 48.5 Å². The number of fused-ring (bicyclic) bond motifs is 1. The minimum atomic E-state index is -3.49. The number of nitrogens with two attached hydrogens (primary N) is 1. The molecule has 1 aromatic carbocycles. The third-order valence-electron chi connectivity index (χ3n) is 5.35. The van der Waals surface area contributed by atoms with E-state index >= 15 is 0 Å². The molecule has 0 spiro atoms. The van der Waals surface area contributed by atoms with E-state index in [0.29, 0.717) is 12.8 Å². The summed E-state index contributed by atoms with van der Waals surface area (Å²) in [4.78, 5) is 0.278. The Hall–Kier alpha value is -2.29. The van der Waals surface area contributed by atoms with Gasteiger partial charge in [-0.1, -0.05) is 12.1 Å². The molecule has 2 heterocycles. The summed E-state index contributed by atoms with van der Waals surface area (Å²) in [6.07, 6.45) is 2.35. The Morgan fingerprint density at radius 1 is 1.07 bits per heavy atom. The fourth-order valence-corrected chi connectivity index (χ4v) is 5.42. The van der Waals surface area contributed by atoms with Crippen LogP contribution in [-0.4, -0.2) is 45.5 Å². The summed E-state index contributed by atoms with van der Waals surface area (Å²) in [7, 11) is -3.49. The minimum absolute atomic E-state index is 0.189. The average molecular weight is 386 g/mol. The van der Waals surface area contributed by atoms with Crippen LogP contribution < -0.4 is 5.73 Å². The highest BCUT2D eigenvalue weighted by Crippen LogP contribution is 2.30. The maximum absolute atomic E-state index is 12.9. The standard InChI is InChI=1S/C19H22N4O3S/c1-12-21-22-19-9-4-14(11-23(12)19)13-2-5-15(6-3-13)27(25,26)16-7-8-17(20)18(24)10-16/h2-6,9,11,16-18,24H,7-8,10,20H2,1H3/t16-,17-,18+/m1/s1. The largest absolute Gasteiger partial charge is 0.391 e. The lowest BCUT2D eigenvalue weighted by atomic mass is 9.93. The van der Waals surface area contributed by atoms with Crippen LogP contribution in [0.3, 0.4) is 0 Å². The summed E-state index contributed by atoms with van der Waals surface area (Å²) >= 11 is 0. The molecule has 3 N–H and O–H groups in total. The molecule has 4 rings (SSSR count). The van der Waals surface area contributed by atoms with Crippen molar-refractivity contribution in [2.75, 3.05) is 0 Å². The number of benzene rings is 1. The second-order valence-electron chi connectivity index (χ2n) is 7.13. The molecule has 8 heteroatoms. The maximum atomic E-state index is 12.9. The topological polar surface area (TPSA) is 111 Å². The van der Waals surface area contributed by atoms with Crippen LogP contribution in [0.2, 0.25) is 0 Å². The third-order valence-corrected chi connectivity index (χ3v) is 7.58. The van der Waals surface area contributed by atoms with Gasteiger partial charge >= 0.3 is 0 Å². The number of hydrogen-bond donors (Lipinski definition) is 2. The van der Waals surface area contributed by atoms with Crippen LogP contribution >= 0.6 is 0 Å². The Labute approximate surface area is 157 Å². The van der Waals surface area contributed by atoms with E-state index in [4.69, 9.17) is 5.73 Å². The van der Waals surface area contributed by atoms with Gasteiger partial charge in [-0.3, -0.25) is 4.40 Å². The van der Waals surface area contributed by atoms with Crippen LogP contribution in [0, 0.1) is 6.92 Å². The summed E-state index contributed by atoms with van der Waals surface area (Å²) in [5.41, 5.74) is 8.43. The van der Waals surface area contributed by atoms with E-state index in [9.17, 15) is 13.5 Å². The lowest BCUT2D eigenvalue weighted by molar-refractivity contribution is 0.110. The summed E-state index contributed by atoms with van der Waals surface area (Å²) in [5, 5.41) is 17.5. The van der Waals surface area contributed by atoms with E-state index in [1.807, 2.05) is 29.7 Å². The molecule has 0 aliphatic heterocycles. The predicted octanol–water partition coefficient (Wildman–Crippen LogP) is 1.72. The Balaban J connectivity index is 1.62. The number of pyridine rings is 1. The van der Waals surface area contributed by atoms with Gasteiger partial charge in [-0.15, -0.1) is 10.2 Å². The zero-order valence-corrected chi connectivity index (χ0v) is 15.8. The molecule has 3 atom stereocenters. The number of aromatic nitrogens is 3. The zero-order chi connectivity index (χ0) is 19.2. The highest BCUT2D eigenvalue weighted by atomic mass is 32.2. The Morgan fingerprint density at radius 3 is 2.48 bits per heavy atom. The highest BCUT2D eigenvalue weighted by molar-refractivity contribution is 7.92. The molecule has 2 aromatic heterocycles. The summed E-state index contributed by atoms with van der Waals surface area (Å²) in [6, 6.07) is 10.4. The fraction of sp³-hybridized carbons (Fsp3) is 0.368. The number of rotatable bonds is 3. The van der Waals surface area contributed by atoms with Gasteiger partial charge in [0.1, 0.15) is 5.82 Å². The van der Waals surface area contributed by atoms with Crippen molar-refractivity contribution >= 4 is 15.5 Å². The first-order valence-electron chi connectivity index (χ1n) is 8.95. The molecule has 7 nitrogen and oxygen atoms in total. The Morgan fingerprint density at radius 2 is 1.78 bits per heavy atom. The van der Waals surface area contributed by atoms with E-state index in [1.165, 1.54) is 0 Å². The lowest BCUT2D eigenvalue weighted by Gasteiger charge is -2.30. The number of aliphatic hydroxyl groups excluding tert-OH is 1. The van der Waals surface area contributed by atoms with Crippen molar-refractivity contribution in [3.8, 4) is 11.1 Å². The molecule has 0 radical (unpaired) electrons. The molecular weight excluding hydrogens is 364 g/mol. The number of aryl methyl sites for hydroxylation is 1.